The number of amides is 2. The van der Waals surface area contributed by atoms with Gasteiger partial charge in [-0.25, -0.2) is 4.79 Å². The lowest BCUT2D eigenvalue weighted by Crippen LogP contribution is -2.46. The van der Waals surface area contributed by atoms with Crippen molar-refractivity contribution in [2.45, 2.75) is 58.9 Å². The van der Waals surface area contributed by atoms with E-state index in [4.69, 9.17) is 51.1 Å². The van der Waals surface area contributed by atoms with Gasteiger partial charge in [0, 0.05) is 0 Å². The average molecular weight is 531 g/mol. The molecule has 0 aliphatic carbocycles. The molecule has 0 N–H and O–H groups in total. The van der Waals surface area contributed by atoms with Crippen molar-refractivity contribution >= 4 is 64.2 Å². The Hall–Kier alpha value is -1.79. The van der Waals surface area contributed by atoms with Gasteiger partial charge in [0.05, 0.1) is 31.2 Å². The standard InChI is InChI=1S/C24H23Cl4NO4/c1-5-6-7-14(24(32)33-15-10-12(4)8-9-13(15)11(2)3)29-22(30)16-17(23(29)31)19(26)21(28)20(27)18(16)25/h8-11,14H,5-7H2,1-4H3/t14-/m1/s1. The number of rotatable bonds is 7. The number of hydrogen-bond acceptors (Lipinski definition) is 4. The molecule has 2 amide bonds. The number of aryl methyl sites for hydroxylation is 1. The molecule has 1 heterocycles. The van der Waals surface area contributed by atoms with Crippen LogP contribution in [0.25, 0.3) is 0 Å². The van der Waals surface area contributed by atoms with Crippen LogP contribution in [0.3, 0.4) is 0 Å². The molecule has 0 radical (unpaired) electrons. The summed E-state index contributed by atoms with van der Waals surface area (Å²) in [5.41, 5.74) is 1.44. The number of halogens is 4. The molecule has 1 aliphatic heterocycles. The number of benzene rings is 2. The summed E-state index contributed by atoms with van der Waals surface area (Å²) in [6.45, 7) is 7.80. The zero-order valence-electron chi connectivity index (χ0n) is 18.6. The Morgan fingerprint density at radius 2 is 1.52 bits per heavy atom. The van der Waals surface area contributed by atoms with Crippen LogP contribution in [0.2, 0.25) is 20.1 Å². The summed E-state index contributed by atoms with van der Waals surface area (Å²) in [5, 5.41) is -0.603. The molecule has 3 rings (SSSR count). The van der Waals surface area contributed by atoms with Gasteiger partial charge in [0.2, 0.25) is 0 Å². The van der Waals surface area contributed by atoms with Gasteiger partial charge in [-0.2, -0.15) is 0 Å². The van der Waals surface area contributed by atoms with Crippen LogP contribution < -0.4 is 4.74 Å². The van der Waals surface area contributed by atoms with Crippen LogP contribution in [0, 0.1) is 6.92 Å². The van der Waals surface area contributed by atoms with Crippen molar-refractivity contribution in [1.82, 2.24) is 4.90 Å². The monoisotopic (exact) mass is 529 g/mol. The first kappa shape index (κ1) is 25.8. The maximum absolute atomic E-state index is 13.4. The lowest BCUT2D eigenvalue weighted by molar-refractivity contribution is -0.139. The van der Waals surface area contributed by atoms with E-state index < -0.39 is 23.8 Å². The summed E-state index contributed by atoms with van der Waals surface area (Å²) in [4.78, 5) is 40.8. The highest BCUT2D eigenvalue weighted by Gasteiger charge is 2.47. The number of unbranched alkanes of at least 4 members (excludes halogenated alkanes) is 1. The van der Waals surface area contributed by atoms with E-state index >= 15 is 0 Å². The molecule has 2 aromatic carbocycles. The molecule has 176 valence electrons. The van der Waals surface area contributed by atoms with Crippen LogP contribution in [-0.4, -0.2) is 28.7 Å². The zero-order chi connectivity index (χ0) is 24.6. The van der Waals surface area contributed by atoms with Gasteiger partial charge in [0.15, 0.2) is 0 Å². The second kappa shape index (κ2) is 10.2. The lowest BCUT2D eigenvalue weighted by atomic mass is 10.0. The molecule has 0 fully saturated rings. The van der Waals surface area contributed by atoms with Crippen molar-refractivity contribution in [1.29, 1.82) is 0 Å². The maximum Gasteiger partial charge on any atom is 0.334 e. The molecule has 1 atom stereocenters. The number of imide groups is 1. The van der Waals surface area contributed by atoms with Crippen molar-refractivity contribution in [3.8, 4) is 5.75 Å². The first-order valence-corrected chi connectivity index (χ1v) is 12.1. The first-order valence-electron chi connectivity index (χ1n) is 10.6. The number of hydrogen-bond donors (Lipinski definition) is 0. The van der Waals surface area contributed by atoms with E-state index in [1.165, 1.54) is 0 Å². The molecule has 9 heteroatoms. The Morgan fingerprint density at radius 3 is 2.00 bits per heavy atom. The molecular formula is C24H23Cl4NO4. The number of nitrogens with zero attached hydrogens (tertiary/aromatic N) is 1. The highest BCUT2D eigenvalue weighted by atomic mass is 35.5. The largest absolute Gasteiger partial charge is 0.425 e. The minimum Gasteiger partial charge on any atom is -0.425 e. The van der Waals surface area contributed by atoms with Crippen molar-refractivity contribution < 1.29 is 19.1 Å². The lowest BCUT2D eigenvalue weighted by Gasteiger charge is -2.25. The van der Waals surface area contributed by atoms with Crippen LogP contribution >= 0.6 is 46.4 Å². The Kier molecular flexibility index (Phi) is 8.00. The first-order chi connectivity index (χ1) is 15.5. The molecule has 0 saturated heterocycles. The Balaban J connectivity index is 2.04. The van der Waals surface area contributed by atoms with Gasteiger partial charge in [-0.15, -0.1) is 0 Å². The summed E-state index contributed by atoms with van der Waals surface area (Å²) in [6, 6.07) is 4.43. The smallest absolute Gasteiger partial charge is 0.334 e. The van der Waals surface area contributed by atoms with Crippen LogP contribution in [0.4, 0.5) is 0 Å². The Labute approximate surface area is 212 Å². The van der Waals surface area contributed by atoms with Gasteiger partial charge in [-0.1, -0.05) is 92.1 Å². The topological polar surface area (TPSA) is 63.7 Å². The van der Waals surface area contributed by atoms with E-state index in [2.05, 4.69) is 0 Å². The Morgan fingerprint density at radius 1 is 0.970 bits per heavy atom. The summed E-state index contributed by atoms with van der Waals surface area (Å²) < 4.78 is 5.76. The fourth-order valence-corrected chi connectivity index (χ4v) is 4.80. The average Bonchev–Trinajstić information content (AvgIpc) is 3.01. The molecule has 0 unspecified atom stereocenters. The third kappa shape index (κ3) is 4.74. The second-order valence-corrected chi connectivity index (χ2v) is 9.77. The summed E-state index contributed by atoms with van der Waals surface area (Å²) in [5.74, 6) is -1.73. The molecular weight excluding hydrogens is 508 g/mol. The quantitative estimate of drug-likeness (QED) is 0.122. The van der Waals surface area contributed by atoms with Crippen LogP contribution in [0.15, 0.2) is 18.2 Å². The number of esters is 1. The summed E-state index contributed by atoms with van der Waals surface area (Å²) in [7, 11) is 0. The highest BCUT2D eigenvalue weighted by molar-refractivity contribution is 6.55. The van der Waals surface area contributed by atoms with E-state index in [-0.39, 0.29) is 43.6 Å². The van der Waals surface area contributed by atoms with Gasteiger partial charge >= 0.3 is 5.97 Å². The molecule has 0 spiro atoms. The van der Waals surface area contributed by atoms with Crippen molar-refractivity contribution in [3.05, 3.63) is 60.5 Å². The molecule has 33 heavy (non-hydrogen) atoms. The van der Waals surface area contributed by atoms with E-state index in [0.717, 1.165) is 22.4 Å². The molecule has 0 aromatic heterocycles. The van der Waals surface area contributed by atoms with Crippen LogP contribution in [0.5, 0.6) is 5.75 Å². The molecule has 1 aliphatic rings. The Bertz CT molecular complexity index is 1100. The van der Waals surface area contributed by atoms with E-state index in [1.54, 1.807) is 6.07 Å². The number of carbonyl (C=O) groups is 3. The van der Waals surface area contributed by atoms with Crippen molar-refractivity contribution in [2.75, 3.05) is 0 Å². The van der Waals surface area contributed by atoms with Crippen molar-refractivity contribution in [2.24, 2.45) is 0 Å². The van der Waals surface area contributed by atoms with Gasteiger partial charge in [-0.3, -0.25) is 14.5 Å². The minimum absolute atomic E-state index is 0.101. The fraction of sp³-hybridized carbons (Fsp3) is 0.375. The SMILES string of the molecule is CCCC[C@H](C(=O)Oc1cc(C)ccc1C(C)C)N1C(=O)c2c(Cl)c(Cl)c(Cl)c(Cl)c2C1=O. The third-order valence-corrected chi connectivity index (χ3v) is 7.35. The van der Waals surface area contributed by atoms with Crippen LogP contribution in [-0.2, 0) is 4.79 Å². The molecule has 0 saturated carbocycles. The maximum atomic E-state index is 13.4. The number of ether oxygens (including phenoxy) is 1. The molecule has 0 bridgehead atoms. The second-order valence-electron chi connectivity index (χ2n) is 8.26. The summed E-state index contributed by atoms with van der Waals surface area (Å²) in [6.07, 6.45) is 1.55. The summed E-state index contributed by atoms with van der Waals surface area (Å²) >= 11 is 24.7. The van der Waals surface area contributed by atoms with Gasteiger partial charge in [0.1, 0.15) is 11.8 Å². The van der Waals surface area contributed by atoms with Crippen LogP contribution in [0.1, 0.15) is 77.8 Å². The van der Waals surface area contributed by atoms with Gasteiger partial charge in [-0.05, 0) is 36.5 Å². The zero-order valence-corrected chi connectivity index (χ0v) is 21.6. The highest BCUT2D eigenvalue weighted by Crippen LogP contribution is 2.45. The van der Waals surface area contributed by atoms with Crippen molar-refractivity contribution in [3.63, 3.8) is 0 Å². The molecule has 2 aromatic rings. The normalized spacial score (nSPS) is 14.2. The third-order valence-electron chi connectivity index (χ3n) is 5.55. The fourth-order valence-electron chi connectivity index (χ4n) is 3.78. The number of fused-ring (bicyclic) bond motifs is 1. The molecule has 5 nitrogen and oxygen atoms in total. The van der Waals surface area contributed by atoms with Gasteiger partial charge in [0.25, 0.3) is 11.8 Å². The number of carbonyl (C=O) groups excluding carboxylic acids is 3. The predicted molar refractivity (Wildman–Crippen MR) is 131 cm³/mol. The van der Waals surface area contributed by atoms with E-state index in [1.807, 2.05) is 39.8 Å². The van der Waals surface area contributed by atoms with Gasteiger partial charge < -0.3 is 4.74 Å². The minimum atomic E-state index is -1.16. The van der Waals surface area contributed by atoms with E-state index in [0.29, 0.717) is 12.2 Å². The van der Waals surface area contributed by atoms with E-state index in [9.17, 15) is 14.4 Å². The predicted octanol–water partition coefficient (Wildman–Crippen LogP) is 7.49.